The average Bonchev–Trinajstić information content (AvgIpc) is 3.45. The molecule has 0 unspecified atom stereocenters. The highest BCUT2D eigenvalue weighted by Gasteiger charge is 2.53. The molecule has 2 aliphatic rings. The average molecular weight is 521 g/mol. The largest absolute Gasteiger partial charge is 0.373 e. The van der Waals surface area contributed by atoms with E-state index in [1.165, 1.54) is 12.1 Å². The Balaban J connectivity index is 0.000000937. The van der Waals surface area contributed by atoms with Crippen molar-refractivity contribution in [3.05, 3.63) is 76.8 Å². The molecule has 11 nitrogen and oxygen atoms in total. The van der Waals surface area contributed by atoms with Crippen molar-refractivity contribution in [3.8, 4) is 0 Å². The molecule has 1 fully saturated rings. The molecule has 1 aliphatic heterocycles. The van der Waals surface area contributed by atoms with Crippen LogP contribution in [0.25, 0.3) is 10.9 Å². The summed E-state index contributed by atoms with van der Waals surface area (Å²) >= 11 is 0. The summed E-state index contributed by atoms with van der Waals surface area (Å²) in [6.45, 7) is 0.562. The zero-order chi connectivity index (χ0) is 27.0. The van der Waals surface area contributed by atoms with Gasteiger partial charge in [-0.1, -0.05) is 0 Å². The van der Waals surface area contributed by atoms with Gasteiger partial charge in [0.05, 0.1) is 6.54 Å². The van der Waals surface area contributed by atoms with E-state index in [1.54, 1.807) is 35.3 Å². The van der Waals surface area contributed by atoms with Crippen molar-refractivity contribution in [2.45, 2.75) is 31.3 Å². The van der Waals surface area contributed by atoms with Crippen molar-refractivity contribution in [3.63, 3.8) is 0 Å². The summed E-state index contributed by atoms with van der Waals surface area (Å²) in [4.78, 5) is 57.7. The number of benzene rings is 1. The van der Waals surface area contributed by atoms with Gasteiger partial charge in [-0.25, -0.2) is 18.7 Å². The molecule has 0 spiro atoms. The smallest absolute Gasteiger partial charge is 0.350 e. The van der Waals surface area contributed by atoms with Crippen molar-refractivity contribution in [2.75, 3.05) is 13.6 Å². The third-order valence-corrected chi connectivity index (χ3v) is 7.00. The lowest BCUT2D eigenvalue weighted by molar-refractivity contribution is -0.191. The van der Waals surface area contributed by atoms with E-state index in [4.69, 9.17) is 9.59 Å². The summed E-state index contributed by atoms with van der Waals surface area (Å²) in [5.41, 5.74) is 1.64. The Morgan fingerprint density at radius 1 is 1.16 bits per heavy atom. The molecule has 0 bridgehead atoms. The van der Waals surface area contributed by atoms with E-state index in [1.807, 2.05) is 0 Å². The number of fused-ring (bicyclic) bond motifs is 2. The number of halogens is 2. The van der Waals surface area contributed by atoms with Crippen LogP contribution in [0.2, 0.25) is 0 Å². The Bertz CT molecular complexity index is 1570. The third-order valence-electron chi connectivity index (χ3n) is 7.00. The molecule has 2 N–H and O–H groups in total. The molecule has 4 heterocycles. The molecule has 194 valence electrons. The second-order valence-corrected chi connectivity index (χ2v) is 9.06. The number of hydrogen-bond acceptors (Lipinski definition) is 7. The molecular weight excluding hydrogens is 500 g/mol. The number of aromatic nitrogens is 5. The summed E-state index contributed by atoms with van der Waals surface area (Å²) in [6, 6.07) is 5.46. The van der Waals surface area contributed by atoms with Gasteiger partial charge in [0.1, 0.15) is 11.2 Å². The Morgan fingerprint density at radius 3 is 2.55 bits per heavy atom. The van der Waals surface area contributed by atoms with Crippen molar-refractivity contribution < 1.29 is 28.0 Å². The minimum Gasteiger partial charge on any atom is -0.350 e. The predicted molar refractivity (Wildman–Crippen MR) is 125 cm³/mol. The Labute approximate surface area is 213 Å². The fourth-order valence-corrected chi connectivity index (χ4v) is 4.79. The van der Waals surface area contributed by atoms with E-state index in [-0.39, 0.29) is 41.3 Å². The molecule has 13 heteroatoms. The number of aromatic amines is 2. The summed E-state index contributed by atoms with van der Waals surface area (Å²) in [6.07, 6.45) is 5.57. The maximum atomic E-state index is 14.1. The normalized spacial score (nSPS) is 15.2. The van der Waals surface area contributed by atoms with E-state index in [0.717, 1.165) is 24.6 Å². The first-order chi connectivity index (χ1) is 18.3. The summed E-state index contributed by atoms with van der Waals surface area (Å²) in [5.74, 6) is -2.01. The van der Waals surface area contributed by atoms with Crippen LogP contribution in [0, 0.1) is 11.6 Å². The summed E-state index contributed by atoms with van der Waals surface area (Å²) < 4.78 is 27.7. The number of amides is 2. The van der Waals surface area contributed by atoms with E-state index in [0.29, 0.717) is 29.9 Å². The van der Waals surface area contributed by atoms with E-state index in [9.17, 15) is 18.4 Å². The minimum atomic E-state index is -0.999. The number of nitrogens with one attached hydrogen (secondary N) is 2. The van der Waals surface area contributed by atoms with E-state index in [2.05, 4.69) is 25.1 Å². The standard InChI is InChI=1S/C24H21F2N7O2.CO2/c1-32(24(6-7-24)23-27-8-2-9-28-23)22(35)20-14-12-33(10-5-17(14)30-31-20)21(34)18-11-13-16(29-18)4-3-15(25)19(13)26;2-1-3/h2-4,8-9,11,29H,5-7,10,12H2,1H3,(H,30,31);. The minimum absolute atomic E-state index is 0.0183. The summed E-state index contributed by atoms with van der Waals surface area (Å²) in [7, 11) is 1.72. The SMILES string of the molecule is CN(C(=O)c1n[nH]c2c1CN(C(=O)c1cc3c(F)c(F)ccc3[nH]1)CC2)C1(c2ncccn2)CC1.O=C=O. The van der Waals surface area contributed by atoms with Crippen molar-refractivity contribution in [2.24, 2.45) is 0 Å². The van der Waals surface area contributed by atoms with Crippen molar-refractivity contribution in [1.82, 2.24) is 34.9 Å². The van der Waals surface area contributed by atoms with Gasteiger partial charge in [-0.2, -0.15) is 14.7 Å². The van der Waals surface area contributed by atoms with Crippen LogP contribution in [-0.4, -0.2) is 66.5 Å². The van der Waals surface area contributed by atoms with E-state index >= 15 is 0 Å². The van der Waals surface area contributed by atoms with E-state index < -0.39 is 17.2 Å². The molecule has 0 saturated heterocycles. The molecule has 2 amide bonds. The van der Waals surface area contributed by atoms with Crippen LogP contribution in [0.15, 0.2) is 36.7 Å². The molecule has 38 heavy (non-hydrogen) atoms. The van der Waals surface area contributed by atoms with Crippen molar-refractivity contribution in [1.29, 1.82) is 0 Å². The number of H-pyrrole nitrogens is 2. The van der Waals surface area contributed by atoms with Crippen LogP contribution in [0.4, 0.5) is 8.78 Å². The fraction of sp³-hybridized carbons (Fsp3) is 0.280. The van der Waals surface area contributed by atoms with Crippen LogP contribution in [-0.2, 0) is 28.1 Å². The zero-order valence-corrected chi connectivity index (χ0v) is 20.1. The van der Waals surface area contributed by atoms with Crippen LogP contribution in [0.5, 0.6) is 0 Å². The van der Waals surface area contributed by atoms with Gasteiger partial charge in [-0.15, -0.1) is 0 Å². The van der Waals surface area contributed by atoms with Gasteiger partial charge < -0.3 is 14.8 Å². The van der Waals surface area contributed by atoms with Crippen LogP contribution in [0.3, 0.4) is 0 Å². The second-order valence-electron chi connectivity index (χ2n) is 9.06. The lowest BCUT2D eigenvalue weighted by Gasteiger charge is -2.29. The molecule has 1 saturated carbocycles. The predicted octanol–water partition coefficient (Wildman–Crippen LogP) is 2.34. The monoisotopic (exact) mass is 521 g/mol. The van der Waals surface area contributed by atoms with Crippen LogP contribution in [0.1, 0.15) is 50.9 Å². The number of carbonyl (C=O) groups is 2. The molecule has 6 rings (SSSR count). The molecule has 1 aliphatic carbocycles. The number of rotatable bonds is 4. The Hall–Kier alpha value is -4.77. The van der Waals surface area contributed by atoms with Gasteiger partial charge >= 0.3 is 6.15 Å². The van der Waals surface area contributed by atoms with Gasteiger partial charge in [-0.05, 0) is 37.1 Å². The Kier molecular flexibility index (Phi) is 6.29. The highest BCUT2D eigenvalue weighted by Crippen LogP contribution is 2.49. The topological polar surface area (TPSA) is 145 Å². The van der Waals surface area contributed by atoms with Crippen molar-refractivity contribution >= 4 is 28.9 Å². The third kappa shape index (κ3) is 4.12. The lowest BCUT2D eigenvalue weighted by atomic mass is 10.0. The van der Waals surface area contributed by atoms with Gasteiger partial charge in [0.25, 0.3) is 11.8 Å². The fourth-order valence-electron chi connectivity index (χ4n) is 4.79. The first-order valence-electron chi connectivity index (χ1n) is 11.7. The van der Waals surface area contributed by atoms with Gasteiger partial charge in [0.15, 0.2) is 23.2 Å². The molecule has 1 aromatic carbocycles. The molecule has 4 aromatic rings. The lowest BCUT2D eigenvalue weighted by Crippen LogP contribution is -2.40. The zero-order valence-electron chi connectivity index (χ0n) is 20.1. The number of nitrogens with zero attached hydrogens (tertiary/aromatic N) is 5. The van der Waals surface area contributed by atoms with Gasteiger partial charge in [0, 0.05) is 54.6 Å². The van der Waals surface area contributed by atoms with Gasteiger partial charge in [0.2, 0.25) is 0 Å². The number of hydrogen-bond donors (Lipinski definition) is 2. The summed E-state index contributed by atoms with van der Waals surface area (Å²) in [5, 5.41) is 7.24. The number of carbonyl (C=O) groups excluding carboxylic acids is 4. The first kappa shape index (κ1) is 24.9. The molecule has 0 radical (unpaired) electrons. The Morgan fingerprint density at radius 2 is 1.87 bits per heavy atom. The highest BCUT2D eigenvalue weighted by molar-refractivity contribution is 5.99. The molecule has 3 aromatic heterocycles. The molecular formula is C25H21F2N7O4. The quantitative estimate of drug-likeness (QED) is 0.419. The van der Waals surface area contributed by atoms with Crippen LogP contribution >= 0.6 is 0 Å². The first-order valence-corrected chi connectivity index (χ1v) is 11.7. The molecule has 0 atom stereocenters. The van der Waals surface area contributed by atoms with Crippen LogP contribution < -0.4 is 0 Å². The second kappa shape index (κ2) is 9.60. The maximum Gasteiger partial charge on any atom is 0.373 e. The highest BCUT2D eigenvalue weighted by atomic mass is 19.2. The maximum absolute atomic E-state index is 14.1. The van der Waals surface area contributed by atoms with Gasteiger partial charge in [-0.3, -0.25) is 14.7 Å².